The Balaban J connectivity index is 4.10. The molecule has 0 rings (SSSR count). The third-order valence-electron chi connectivity index (χ3n) is 3.13. The van der Waals surface area contributed by atoms with Gasteiger partial charge in [0.05, 0.1) is 26.1 Å². The molecule has 0 aromatic carbocycles. The van der Waals surface area contributed by atoms with E-state index in [0.717, 1.165) is 6.42 Å². The van der Waals surface area contributed by atoms with Crippen molar-refractivity contribution in [3.8, 4) is 0 Å². The van der Waals surface area contributed by atoms with Crippen LogP contribution in [-0.2, 0) is 14.3 Å². The molecule has 0 atom stereocenters. The van der Waals surface area contributed by atoms with Crippen LogP contribution in [0.3, 0.4) is 0 Å². The van der Waals surface area contributed by atoms with E-state index in [0.29, 0.717) is 17.4 Å². The van der Waals surface area contributed by atoms with Crippen molar-refractivity contribution in [2.45, 2.75) is 40.0 Å². The summed E-state index contributed by atoms with van der Waals surface area (Å²) in [6.45, 7) is 6.54. The van der Waals surface area contributed by atoms with Crippen LogP contribution in [0.25, 0.3) is 0 Å². The Morgan fingerprint density at radius 3 is 2.28 bits per heavy atom. The van der Waals surface area contributed by atoms with Gasteiger partial charge in [0.25, 0.3) is 0 Å². The summed E-state index contributed by atoms with van der Waals surface area (Å²) in [4.78, 5) is 22.1. The van der Waals surface area contributed by atoms with Crippen LogP contribution in [-0.4, -0.2) is 43.8 Å². The van der Waals surface area contributed by atoms with Crippen LogP contribution < -0.4 is 5.11 Å². The number of nitrogens with zero attached hydrogens (tertiary/aromatic N) is 1. The number of carboxylic acid groups (broad SMARTS) is 1. The fourth-order valence-electron chi connectivity index (χ4n) is 1.29. The molecule has 0 radical (unpaired) electrons. The number of hydrogen-bond donors (Lipinski definition) is 0. The van der Waals surface area contributed by atoms with Crippen molar-refractivity contribution in [3.05, 3.63) is 0 Å². The average molecular weight is 259 g/mol. The lowest BCUT2D eigenvalue weighted by atomic mass is 9.91. The van der Waals surface area contributed by atoms with Gasteiger partial charge in [-0.15, -0.1) is 0 Å². The molecule has 18 heavy (non-hydrogen) atoms. The second kappa shape index (κ2) is 6.73. The zero-order valence-corrected chi connectivity index (χ0v) is 12.1. The minimum Gasteiger partial charge on any atom is -0.550 e. The van der Waals surface area contributed by atoms with Crippen molar-refractivity contribution in [2.75, 3.05) is 27.4 Å². The molecule has 0 aliphatic heterocycles. The van der Waals surface area contributed by atoms with Gasteiger partial charge in [-0.1, -0.05) is 6.92 Å². The number of carboxylic acids is 1. The van der Waals surface area contributed by atoms with Gasteiger partial charge in [0, 0.05) is 12.4 Å². The minimum absolute atomic E-state index is 0.0378. The van der Waals surface area contributed by atoms with Crippen LogP contribution in [0.1, 0.15) is 40.0 Å². The molecular weight excluding hydrogens is 234 g/mol. The second-order valence-electron chi connectivity index (χ2n) is 5.93. The molecule has 5 nitrogen and oxygen atoms in total. The largest absolute Gasteiger partial charge is 0.550 e. The lowest BCUT2D eigenvalue weighted by molar-refractivity contribution is -0.907. The van der Waals surface area contributed by atoms with Gasteiger partial charge < -0.3 is 14.6 Å². The third-order valence-corrected chi connectivity index (χ3v) is 3.13. The zero-order chi connectivity index (χ0) is 14.4. The monoisotopic (exact) mass is 259 g/mol. The molecule has 0 saturated heterocycles. The predicted octanol–water partition coefficient (Wildman–Crippen LogP) is 0.530. The summed E-state index contributed by atoms with van der Waals surface area (Å²) in [6.07, 6.45) is 1.28. The van der Waals surface area contributed by atoms with Crippen molar-refractivity contribution in [2.24, 2.45) is 5.41 Å². The first kappa shape index (κ1) is 16.9. The third kappa shape index (κ3) is 6.59. The Morgan fingerprint density at radius 2 is 1.83 bits per heavy atom. The minimum atomic E-state index is -1.04. The molecule has 106 valence electrons. The summed E-state index contributed by atoms with van der Waals surface area (Å²) < 4.78 is 5.75. The highest BCUT2D eigenvalue weighted by atomic mass is 16.5. The van der Waals surface area contributed by atoms with Gasteiger partial charge in [-0.25, -0.2) is 0 Å². The number of esters is 1. The van der Waals surface area contributed by atoms with Gasteiger partial charge in [0.2, 0.25) is 6.73 Å². The van der Waals surface area contributed by atoms with Gasteiger partial charge >= 0.3 is 5.97 Å². The number of carbonyl (C=O) groups excluding carboxylic acids is 2. The van der Waals surface area contributed by atoms with Gasteiger partial charge in [0.1, 0.15) is 0 Å². The standard InChI is InChI=1S/C13H25NO4/c1-6-13(2,3)12(17)18-10-14(4,5)9-7-8-11(15)16/h6-10H2,1-5H3. The van der Waals surface area contributed by atoms with Gasteiger partial charge in [-0.3, -0.25) is 9.28 Å². The number of ether oxygens (including phenoxy) is 1. The lowest BCUT2D eigenvalue weighted by Gasteiger charge is -2.30. The van der Waals surface area contributed by atoms with E-state index in [9.17, 15) is 14.7 Å². The highest BCUT2D eigenvalue weighted by Crippen LogP contribution is 2.21. The highest BCUT2D eigenvalue weighted by molar-refractivity contribution is 5.75. The van der Waals surface area contributed by atoms with E-state index in [1.54, 1.807) is 0 Å². The summed E-state index contributed by atoms with van der Waals surface area (Å²) in [7, 11) is 3.81. The van der Waals surface area contributed by atoms with E-state index in [4.69, 9.17) is 4.74 Å². The number of carbonyl (C=O) groups is 2. The number of hydrogen-bond acceptors (Lipinski definition) is 4. The van der Waals surface area contributed by atoms with Crippen LogP contribution in [0.15, 0.2) is 0 Å². The van der Waals surface area contributed by atoms with Crippen molar-refractivity contribution in [3.63, 3.8) is 0 Å². The van der Waals surface area contributed by atoms with E-state index in [2.05, 4.69) is 0 Å². The van der Waals surface area contributed by atoms with E-state index < -0.39 is 11.4 Å². The van der Waals surface area contributed by atoms with Crippen LogP contribution in [0.5, 0.6) is 0 Å². The summed E-state index contributed by atoms with van der Waals surface area (Å²) in [5.41, 5.74) is -0.467. The van der Waals surface area contributed by atoms with Crippen LogP contribution in [0, 0.1) is 5.41 Å². The molecule has 5 heteroatoms. The first-order chi connectivity index (χ1) is 8.10. The van der Waals surface area contributed by atoms with E-state index in [-0.39, 0.29) is 19.1 Å². The number of rotatable bonds is 8. The van der Waals surface area contributed by atoms with E-state index in [1.807, 2.05) is 34.9 Å². The highest BCUT2D eigenvalue weighted by Gasteiger charge is 2.29. The van der Waals surface area contributed by atoms with Crippen molar-refractivity contribution in [1.82, 2.24) is 0 Å². The number of aliphatic carboxylic acids is 1. The second-order valence-corrected chi connectivity index (χ2v) is 5.93. The zero-order valence-electron chi connectivity index (χ0n) is 12.1. The SMILES string of the molecule is CCC(C)(C)C(=O)OC[N+](C)(C)CCCC(=O)[O-]. The summed E-state index contributed by atoms with van der Waals surface area (Å²) in [5, 5.41) is 10.3. The Hall–Kier alpha value is -1.10. The van der Waals surface area contributed by atoms with Gasteiger partial charge in [-0.05, 0) is 26.7 Å². The predicted molar refractivity (Wildman–Crippen MR) is 66.2 cm³/mol. The summed E-state index contributed by atoms with van der Waals surface area (Å²) in [6, 6.07) is 0. The molecule has 0 bridgehead atoms. The molecule has 0 amide bonds. The number of quaternary nitrogens is 1. The average Bonchev–Trinajstić information content (AvgIpc) is 2.25. The molecule has 0 saturated carbocycles. The summed E-state index contributed by atoms with van der Waals surface area (Å²) >= 11 is 0. The van der Waals surface area contributed by atoms with Crippen molar-refractivity contribution < 1.29 is 23.9 Å². The Kier molecular flexibility index (Phi) is 6.32. The molecular formula is C13H25NO4. The van der Waals surface area contributed by atoms with Gasteiger partial charge in [0.15, 0.2) is 0 Å². The van der Waals surface area contributed by atoms with E-state index >= 15 is 0 Å². The van der Waals surface area contributed by atoms with Gasteiger partial charge in [-0.2, -0.15) is 0 Å². The normalized spacial score (nSPS) is 12.3. The molecule has 0 N–H and O–H groups in total. The molecule has 0 aromatic heterocycles. The topological polar surface area (TPSA) is 66.4 Å². The molecule has 0 spiro atoms. The molecule has 0 aliphatic carbocycles. The van der Waals surface area contributed by atoms with Crippen LogP contribution >= 0.6 is 0 Å². The van der Waals surface area contributed by atoms with Crippen molar-refractivity contribution >= 4 is 11.9 Å². The molecule has 0 fully saturated rings. The van der Waals surface area contributed by atoms with Crippen LogP contribution in [0.4, 0.5) is 0 Å². The van der Waals surface area contributed by atoms with Crippen molar-refractivity contribution in [1.29, 1.82) is 0 Å². The fourth-order valence-corrected chi connectivity index (χ4v) is 1.29. The van der Waals surface area contributed by atoms with Crippen LogP contribution in [0.2, 0.25) is 0 Å². The quantitative estimate of drug-likeness (QED) is 0.362. The maximum atomic E-state index is 11.8. The summed E-state index contributed by atoms with van der Waals surface area (Å²) in [5.74, 6) is -1.25. The Labute approximate surface area is 109 Å². The molecule has 0 heterocycles. The smallest absolute Gasteiger partial charge is 0.315 e. The first-order valence-corrected chi connectivity index (χ1v) is 6.30. The maximum Gasteiger partial charge on any atom is 0.315 e. The molecule has 0 unspecified atom stereocenters. The Morgan fingerprint density at radius 1 is 1.28 bits per heavy atom. The molecule has 0 aromatic rings. The fraction of sp³-hybridized carbons (Fsp3) is 0.846. The Bertz CT molecular complexity index is 297. The first-order valence-electron chi connectivity index (χ1n) is 6.30. The maximum absolute atomic E-state index is 11.8. The molecule has 0 aliphatic rings. The van der Waals surface area contributed by atoms with E-state index in [1.165, 1.54) is 0 Å². The lowest BCUT2D eigenvalue weighted by Crippen LogP contribution is -2.44.